The predicted molar refractivity (Wildman–Crippen MR) is 46.0 cm³/mol. The average molecular weight is 211 g/mol. The number of carbonyl (C=O) groups excluding carboxylic acids is 1. The van der Waals surface area contributed by atoms with Gasteiger partial charge in [-0.25, -0.2) is 0 Å². The van der Waals surface area contributed by atoms with Crippen LogP contribution in [-0.4, -0.2) is 32.7 Å². The van der Waals surface area contributed by atoms with Crippen LogP contribution >= 0.6 is 7.60 Å². The van der Waals surface area contributed by atoms with Crippen LogP contribution in [0.5, 0.6) is 0 Å². The van der Waals surface area contributed by atoms with Crippen LogP contribution in [0, 0.1) is 0 Å². The molecule has 0 fully saturated rings. The van der Waals surface area contributed by atoms with E-state index >= 15 is 0 Å². The molecule has 1 amide bonds. The van der Waals surface area contributed by atoms with E-state index in [-0.39, 0.29) is 6.42 Å². The molecule has 13 heavy (non-hydrogen) atoms. The zero-order valence-corrected chi connectivity index (χ0v) is 8.41. The fourth-order valence-electron chi connectivity index (χ4n) is 0.761. The van der Waals surface area contributed by atoms with Crippen LogP contribution in [0.25, 0.3) is 0 Å². The minimum absolute atomic E-state index is 0.00309. The van der Waals surface area contributed by atoms with Crippen molar-refractivity contribution in [3.05, 3.63) is 0 Å². The molecule has 0 heterocycles. The number of nitrogens with one attached hydrogen (secondary N) is 1. The molecule has 0 aliphatic heterocycles. The lowest BCUT2D eigenvalue weighted by Gasteiger charge is -2.26. The van der Waals surface area contributed by atoms with Gasteiger partial charge in [-0.3, -0.25) is 9.36 Å². The Morgan fingerprint density at radius 2 is 2.00 bits per heavy atom. The molecule has 4 N–H and O–H groups in total. The molecule has 6 nitrogen and oxygen atoms in total. The normalized spacial score (nSPS) is 16.4. The standard InChI is InChI=1S/C6H14NO5P/c1-3-6(2,13(10,11)12)5(9)7-4-8/h8H,3-4H2,1-2H3,(H,7,9)(H2,10,11,12). The smallest absolute Gasteiger partial charge is 0.340 e. The zero-order chi connectivity index (χ0) is 10.7. The molecule has 0 rings (SSSR count). The first-order valence-electron chi connectivity index (χ1n) is 3.74. The van der Waals surface area contributed by atoms with Crippen molar-refractivity contribution in [2.45, 2.75) is 25.4 Å². The molecule has 7 heteroatoms. The van der Waals surface area contributed by atoms with Gasteiger partial charge in [0.15, 0.2) is 0 Å². The molecule has 0 aliphatic carbocycles. The molecule has 1 unspecified atom stereocenters. The molecule has 78 valence electrons. The summed E-state index contributed by atoms with van der Waals surface area (Å²) in [6.07, 6.45) is 0.00309. The number of carbonyl (C=O) groups is 1. The number of hydrogen-bond acceptors (Lipinski definition) is 3. The van der Waals surface area contributed by atoms with E-state index in [1.54, 1.807) is 0 Å². The first-order valence-corrected chi connectivity index (χ1v) is 5.35. The lowest BCUT2D eigenvalue weighted by molar-refractivity contribution is -0.124. The third kappa shape index (κ3) is 2.51. The molecule has 0 aromatic heterocycles. The zero-order valence-electron chi connectivity index (χ0n) is 7.52. The maximum Gasteiger partial charge on any atom is 0.340 e. The molecule has 0 radical (unpaired) electrons. The van der Waals surface area contributed by atoms with Crippen LogP contribution < -0.4 is 5.32 Å². The van der Waals surface area contributed by atoms with Crippen molar-refractivity contribution in [2.24, 2.45) is 0 Å². The highest BCUT2D eigenvalue weighted by Crippen LogP contribution is 2.52. The Bertz CT molecular complexity index is 237. The number of rotatable bonds is 4. The van der Waals surface area contributed by atoms with Crippen LogP contribution in [0.3, 0.4) is 0 Å². The minimum atomic E-state index is -4.50. The van der Waals surface area contributed by atoms with Gasteiger partial charge in [0.2, 0.25) is 5.91 Å². The van der Waals surface area contributed by atoms with E-state index in [4.69, 9.17) is 14.9 Å². The van der Waals surface area contributed by atoms with E-state index < -0.39 is 25.4 Å². The van der Waals surface area contributed by atoms with Crippen molar-refractivity contribution in [1.82, 2.24) is 5.32 Å². The van der Waals surface area contributed by atoms with Crippen molar-refractivity contribution >= 4 is 13.5 Å². The summed E-state index contributed by atoms with van der Waals surface area (Å²) in [6, 6.07) is 0. The van der Waals surface area contributed by atoms with Crippen LogP contribution in [0.1, 0.15) is 20.3 Å². The Morgan fingerprint density at radius 3 is 2.23 bits per heavy atom. The Hall–Kier alpha value is -0.420. The van der Waals surface area contributed by atoms with Crippen molar-refractivity contribution in [3.63, 3.8) is 0 Å². The second-order valence-corrected chi connectivity index (χ2v) is 4.91. The van der Waals surface area contributed by atoms with E-state index in [0.717, 1.165) is 0 Å². The summed E-state index contributed by atoms with van der Waals surface area (Å²) in [5, 5.41) is 8.59. The van der Waals surface area contributed by atoms with Gasteiger partial charge in [-0.15, -0.1) is 0 Å². The van der Waals surface area contributed by atoms with Gasteiger partial charge in [0, 0.05) is 0 Å². The monoisotopic (exact) mass is 211 g/mol. The van der Waals surface area contributed by atoms with Crippen LogP contribution in [0.4, 0.5) is 0 Å². The summed E-state index contributed by atoms with van der Waals surface area (Å²) in [5.74, 6) is -0.842. The quantitative estimate of drug-likeness (QED) is 0.367. The third-order valence-electron chi connectivity index (χ3n) is 2.06. The molecule has 0 saturated heterocycles. The highest BCUT2D eigenvalue weighted by Gasteiger charge is 2.47. The van der Waals surface area contributed by atoms with Crippen molar-refractivity contribution in [1.29, 1.82) is 0 Å². The molecular formula is C6H14NO5P. The summed E-state index contributed by atoms with van der Waals surface area (Å²) in [7, 11) is -4.50. The summed E-state index contributed by atoms with van der Waals surface area (Å²) < 4.78 is 11.0. The molecule has 0 aromatic carbocycles. The van der Waals surface area contributed by atoms with Gasteiger partial charge in [0.25, 0.3) is 0 Å². The molecule has 1 atom stereocenters. The molecule has 0 bridgehead atoms. The number of amides is 1. The van der Waals surface area contributed by atoms with Crippen molar-refractivity contribution in [2.75, 3.05) is 6.73 Å². The van der Waals surface area contributed by atoms with Crippen molar-refractivity contribution < 1.29 is 24.3 Å². The van der Waals surface area contributed by atoms with E-state index in [9.17, 15) is 9.36 Å². The molecular weight excluding hydrogens is 197 g/mol. The van der Waals surface area contributed by atoms with Gasteiger partial charge >= 0.3 is 7.60 Å². The van der Waals surface area contributed by atoms with Gasteiger partial charge in [-0.2, -0.15) is 0 Å². The Morgan fingerprint density at radius 1 is 1.54 bits per heavy atom. The van der Waals surface area contributed by atoms with E-state index in [0.29, 0.717) is 0 Å². The minimum Gasteiger partial charge on any atom is -0.377 e. The molecule has 0 aromatic rings. The SMILES string of the molecule is CCC(C)(C(=O)NCO)P(=O)(O)O. The Kier molecular flexibility index (Phi) is 4.06. The number of hydrogen-bond donors (Lipinski definition) is 4. The number of aliphatic hydroxyl groups excluding tert-OH is 1. The van der Waals surface area contributed by atoms with Crippen LogP contribution in [-0.2, 0) is 9.36 Å². The van der Waals surface area contributed by atoms with Gasteiger partial charge in [0.05, 0.1) is 0 Å². The lowest BCUT2D eigenvalue weighted by atomic mass is 10.1. The van der Waals surface area contributed by atoms with E-state index in [1.807, 2.05) is 5.32 Å². The van der Waals surface area contributed by atoms with Crippen molar-refractivity contribution in [3.8, 4) is 0 Å². The highest BCUT2D eigenvalue weighted by molar-refractivity contribution is 7.54. The third-order valence-corrected chi connectivity index (χ3v) is 3.87. The first kappa shape index (κ1) is 12.6. The maximum atomic E-state index is 11.2. The van der Waals surface area contributed by atoms with Gasteiger partial charge in [-0.05, 0) is 13.3 Å². The molecule has 0 saturated carbocycles. The molecule has 0 aliphatic rings. The fraction of sp³-hybridized carbons (Fsp3) is 0.833. The first-order chi connectivity index (χ1) is 5.79. The Labute approximate surface area is 76.1 Å². The Balaban J connectivity index is 4.85. The predicted octanol–water partition coefficient (Wildman–Crippen LogP) is -0.601. The summed E-state index contributed by atoms with van der Waals surface area (Å²) >= 11 is 0. The van der Waals surface area contributed by atoms with Crippen LogP contribution in [0.15, 0.2) is 0 Å². The van der Waals surface area contributed by atoms with Gasteiger partial charge < -0.3 is 20.2 Å². The summed E-state index contributed by atoms with van der Waals surface area (Å²) in [5.41, 5.74) is 0. The van der Waals surface area contributed by atoms with Gasteiger partial charge in [0.1, 0.15) is 11.9 Å². The maximum absolute atomic E-state index is 11.2. The number of aliphatic hydroxyl groups is 1. The van der Waals surface area contributed by atoms with E-state index in [2.05, 4.69) is 0 Å². The van der Waals surface area contributed by atoms with E-state index in [1.165, 1.54) is 13.8 Å². The average Bonchev–Trinajstić information content (AvgIpc) is 2.01. The fourth-order valence-corrected chi connectivity index (χ4v) is 1.52. The summed E-state index contributed by atoms with van der Waals surface area (Å²) in [4.78, 5) is 29.0. The largest absolute Gasteiger partial charge is 0.377 e. The summed E-state index contributed by atoms with van der Waals surface area (Å²) in [6.45, 7) is 2.03. The lowest BCUT2D eigenvalue weighted by Crippen LogP contribution is -2.44. The van der Waals surface area contributed by atoms with Crippen LogP contribution in [0.2, 0.25) is 0 Å². The second-order valence-electron chi connectivity index (χ2n) is 2.84. The topological polar surface area (TPSA) is 107 Å². The highest BCUT2D eigenvalue weighted by atomic mass is 31.2. The second kappa shape index (κ2) is 4.19. The molecule has 0 spiro atoms. The van der Waals surface area contributed by atoms with Gasteiger partial charge in [-0.1, -0.05) is 6.92 Å².